The SMILES string of the molecule is CC(C)OC(=O)[C@H](C)N[P@](=O)(OC[C@@]1(C)O[C@@H](c2ccc3c(N)ncnn23)C(O)C1O)Oc1ccccc1. The predicted octanol–water partition coefficient (Wildman–Crippen LogP) is 2.00. The first-order chi connectivity index (χ1) is 17.9. The molecule has 3 heterocycles. The number of nitrogens with one attached hydrogen (secondary N) is 1. The van der Waals surface area contributed by atoms with Crippen molar-refractivity contribution in [2.75, 3.05) is 12.3 Å². The largest absolute Gasteiger partial charge is 0.462 e. The van der Waals surface area contributed by atoms with Crippen LogP contribution in [0.15, 0.2) is 48.8 Å². The zero-order valence-corrected chi connectivity index (χ0v) is 22.3. The topological polar surface area (TPSA) is 180 Å². The van der Waals surface area contributed by atoms with E-state index in [4.69, 9.17) is 24.3 Å². The number of para-hydroxylation sites is 1. The van der Waals surface area contributed by atoms with Gasteiger partial charge in [-0.3, -0.25) is 9.32 Å². The van der Waals surface area contributed by atoms with Crippen LogP contribution in [0.3, 0.4) is 0 Å². The number of ether oxygens (including phenoxy) is 2. The lowest BCUT2D eigenvalue weighted by Crippen LogP contribution is -2.45. The maximum absolute atomic E-state index is 13.8. The van der Waals surface area contributed by atoms with Crippen LogP contribution in [-0.2, 0) is 23.4 Å². The van der Waals surface area contributed by atoms with Gasteiger partial charge in [-0.15, -0.1) is 0 Å². The number of carbonyl (C=O) groups excluding carboxylic acids is 1. The van der Waals surface area contributed by atoms with E-state index in [9.17, 15) is 19.6 Å². The molecule has 13 nitrogen and oxygen atoms in total. The molecular formula is C24H32N5O8P. The van der Waals surface area contributed by atoms with Gasteiger partial charge < -0.3 is 29.9 Å². The highest BCUT2D eigenvalue weighted by Gasteiger charge is 2.54. The van der Waals surface area contributed by atoms with Gasteiger partial charge in [0.25, 0.3) is 0 Å². The van der Waals surface area contributed by atoms with Crippen LogP contribution in [-0.4, -0.2) is 67.3 Å². The number of aliphatic hydroxyl groups is 2. The van der Waals surface area contributed by atoms with E-state index in [2.05, 4.69) is 15.2 Å². The van der Waals surface area contributed by atoms with Crippen molar-refractivity contribution in [3.63, 3.8) is 0 Å². The molecule has 2 unspecified atom stereocenters. The molecular weight excluding hydrogens is 517 g/mol. The van der Waals surface area contributed by atoms with E-state index in [1.807, 2.05) is 0 Å². The number of benzene rings is 1. The second kappa shape index (κ2) is 11.0. The fraction of sp³-hybridized carbons (Fsp3) is 0.458. The minimum absolute atomic E-state index is 0.223. The molecule has 0 spiro atoms. The third-order valence-electron chi connectivity index (χ3n) is 6.01. The van der Waals surface area contributed by atoms with Crippen molar-refractivity contribution in [2.24, 2.45) is 0 Å². The molecule has 2 aromatic heterocycles. The average Bonchev–Trinajstić information content (AvgIpc) is 3.39. The molecule has 0 bridgehead atoms. The summed E-state index contributed by atoms with van der Waals surface area (Å²) < 4.78 is 37.9. The Labute approximate surface area is 219 Å². The van der Waals surface area contributed by atoms with Gasteiger partial charge in [-0.25, -0.2) is 14.1 Å². The lowest BCUT2D eigenvalue weighted by Gasteiger charge is -2.30. The number of carbonyl (C=O) groups is 1. The Bertz CT molecular complexity index is 1320. The van der Waals surface area contributed by atoms with Gasteiger partial charge in [-0.05, 0) is 52.0 Å². The van der Waals surface area contributed by atoms with Crippen molar-refractivity contribution in [3.05, 3.63) is 54.5 Å². The highest BCUT2D eigenvalue weighted by molar-refractivity contribution is 7.52. The Kier molecular flexibility index (Phi) is 8.07. The number of fused-ring (bicyclic) bond motifs is 1. The Morgan fingerprint density at radius 1 is 1.24 bits per heavy atom. The standard InChI is InChI=1S/C24H32N5O8P/c1-14(2)35-23(32)15(3)28-38(33,37-16-8-6-5-7-9-16)34-12-24(4)21(31)19(30)20(36-24)17-10-11-18-22(25)26-13-27-29(17)18/h5-11,13-15,19-21,30-31H,12H2,1-4H3,(H,28,33)(H2,25,26,27)/t15-,19?,20-,21?,24+,38-/m0/s1. The zero-order chi connectivity index (χ0) is 27.7. The number of aliphatic hydroxyl groups excluding tert-OH is 2. The number of aromatic nitrogens is 3. The maximum Gasteiger partial charge on any atom is 0.459 e. The molecule has 3 aromatic rings. The summed E-state index contributed by atoms with van der Waals surface area (Å²) in [4.78, 5) is 16.3. The molecule has 5 N–H and O–H groups in total. The van der Waals surface area contributed by atoms with Gasteiger partial charge >= 0.3 is 13.7 Å². The van der Waals surface area contributed by atoms with E-state index >= 15 is 0 Å². The second-order valence-corrected chi connectivity index (χ2v) is 11.2. The van der Waals surface area contributed by atoms with Gasteiger partial charge in [0.05, 0.1) is 18.4 Å². The van der Waals surface area contributed by atoms with Crippen molar-refractivity contribution < 1.29 is 38.1 Å². The number of hydrogen-bond donors (Lipinski definition) is 4. The van der Waals surface area contributed by atoms with Crippen LogP contribution in [0.2, 0.25) is 0 Å². The van der Waals surface area contributed by atoms with Gasteiger partial charge in [-0.1, -0.05) is 18.2 Å². The van der Waals surface area contributed by atoms with Crippen LogP contribution in [0.1, 0.15) is 39.5 Å². The predicted molar refractivity (Wildman–Crippen MR) is 136 cm³/mol. The molecule has 206 valence electrons. The smallest absolute Gasteiger partial charge is 0.459 e. The van der Waals surface area contributed by atoms with E-state index in [1.165, 1.54) is 24.7 Å². The first-order valence-corrected chi connectivity index (χ1v) is 13.6. The third-order valence-corrected chi connectivity index (χ3v) is 7.63. The molecule has 1 saturated heterocycles. The molecule has 0 saturated carbocycles. The summed E-state index contributed by atoms with van der Waals surface area (Å²) >= 11 is 0. The van der Waals surface area contributed by atoms with Crippen LogP contribution >= 0.6 is 7.75 Å². The number of hydrogen-bond acceptors (Lipinski definition) is 11. The highest BCUT2D eigenvalue weighted by Crippen LogP contribution is 2.48. The van der Waals surface area contributed by atoms with Gasteiger partial charge in [0.2, 0.25) is 0 Å². The van der Waals surface area contributed by atoms with Crippen LogP contribution in [0, 0.1) is 0 Å². The molecule has 1 aliphatic rings. The Balaban J connectivity index is 1.55. The van der Waals surface area contributed by atoms with E-state index in [0.717, 1.165) is 0 Å². The monoisotopic (exact) mass is 549 g/mol. The fourth-order valence-electron chi connectivity index (χ4n) is 4.05. The molecule has 6 atom stereocenters. The summed E-state index contributed by atoms with van der Waals surface area (Å²) in [6.45, 7) is 5.88. The minimum atomic E-state index is -4.23. The molecule has 38 heavy (non-hydrogen) atoms. The summed E-state index contributed by atoms with van der Waals surface area (Å²) in [6.07, 6.45) is -2.95. The average molecular weight is 550 g/mol. The highest BCUT2D eigenvalue weighted by atomic mass is 31.2. The number of nitrogen functional groups attached to an aromatic ring is 1. The number of nitrogens with two attached hydrogens (primary N) is 1. The van der Waals surface area contributed by atoms with E-state index in [1.54, 1.807) is 56.3 Å². The normalized spacial score (nSPS) is 25.8. The number of nitrogens with zero attached hydrogens (tertiary/aromatic N) is 3. The Hall–Kier alpha value is -3.06. The summed E-state index contributed by atoms with van der Waals surface area (Å²) in [5, 5.41) is 28.5. The first kappa shape index (κ1) is 28.0. The minimum Gasteiger partial charge on any atom is -0.462 e. The molecule has 0 amide bonds. The lowest BCUT2D eigenvalue weighted by molar-refractivity contribution is -0.149. The van der Waals surface area contributed by atoms with Crippen molar-refractivity contribution in [2.45, 2.75) is 63.8 Å². The fourth-order valence-corrected chi connectivity index (χ4v) is 5.63. The molecule has 1 aromatic carbocycles. The summed E-state index contributed by atoms with van der Waals surface area (Å²) in [5.74, 6) is -0.193. The lowest BCUT2D eigenvalue weighted by atomic mass is 9.97. The van der Waals surface area contributed by atoms with Crippen LogP contribution in [0.25, 0.3) is 5.52 Å². The Morgan fingerprint density at radius 3 is 2.63 bits per heavy atom. The van der Waals surface area contributed by atoms with E-state index in [0.29, 0.717) is 11.2 Å². The molecule has 0 radical (unpaired) electrons. The maximum atomic E-state index is 13.8. The summed E-state index contributed by atoms with van der Waals surface area (Å²) in [6, 6.07) is 10.5. The van der Waals surface area contributed by atoms with E-state index < -0.39 is 50.3 Å². The molecule has 1 fully saturated rings. The Morgan fingerprint density at radius 2 is 1.95 bits per heavy atom. The van der Waals surface area contributed by atoms with Crippen molar-refractivity contribution in [3.8, 4) is 5.75 Å². The second-order valence-electron chi connectivity index (χ2n) is 9.50. The molecule has 1 aliphatic heterocycles. The van der Waals surface area contributed by atoms with Crippen molar-refractivity contribution >= 4 is 25.1 Å². The number of esters is 1. The van der Waals surface area contributed by atoms with Gasteiger partial charge in [0.15, 0.2) is 5.82 Å². The molecule has 14 heteroatoms. The molecule has 4 rings (SSSR count). The van der Waals surface area contributed by atoms with Crippen molar-refractivity contribution in [1.29, 1.82) is 0 Å². The zero-order valence-electron chi connectivity index (χ0n) is 21.4. The first-order valence-electron chi connectivity index (χ1n) is 12.0. The molecule has 0 aliphatic carbocycles. The van der Waals surface area contributed by atoms with Crippen molar-refractivity contribution in [1.82, 2.24) is 19.7 Å². The summed E-state index contributed by atoms with van der Waals surface area (Å²) in [7, 11) is -4.23. The van der Waals surface area contributed by atoms with Crippen LogP contribution in [0.5, 0.6) is 5.75 Å². The summed E-state index contributed by atoms with van der Waals surface area (Å²) in [5.41, 5.74) is 5.31. The number of rotatable bonds is 10. The third kappa shape index (κ3) is 5.83. The van der Waals surface area contributed by atoms with Gasteiger partial charge in [0.1, 0.15) is 47.5 Å². The van der Waals surface area contributed by atoms with Crippen LogP contribution < -0.4 is 15.3 Å². The van der Waals surface area contributed by atoms with Crippen LogP contribution in [0.4, 0.5) is 5.82 Å². The van der Waals surface area contributed by atoms with Gasteiger partial charge in [0, 0.05) is 0 Å². The number of anilines is 1. The quantitative estimate of drug-likeness (QED) is 0.214. The van der Waals surface area contributed by atoms with E-state index in [-0.39, 0.29) is 17.7 Å². The van der Waals surface area contributed by atoms with Gasteiger partial charge in [-0.2, -0.15) is 10.2 Å².